The number of amides is 2. The molecule has 0 fully saturated rings. The van der Waals surface area contributed by atoms with Crippen LogP contribution in [0.4, 0.5) is 11.4 Å². The molecule has 2 aromatic carbocycles. The monoisotopic (exact) mass is 366 g/mol. The van der Waals surface area contributed by atoms with E-state index in [2.05, 4.69) is 5.32 Å². The van der Waals surface area contributed by atoms with Gasteiger partial charge in [0, 0.05) is 23.5 Å². The second-order valence-electron chi connectivity index (χ2n) is 7.50. The second kappa shape index (κ2) is 6.30. The summed E-state index contributed by atoms with van der Waals surface area (Å²) in [7, 11) is 0. The molecule has 0 saturated carbocycles. The summed E-state index contributed by atoms with van der Waals surface area (Å²) in [6, 6.07) is 13.0. The molecule has 0 radical (unpaired) electrons. The minimum absolute atomic E-state index is 0.0209. The standard InChI is InChI=1S/C21H22N2O4/c1-13-10-14-6-4-5-7-16(14)23(13)20(25)21(2,3)19(24)22-15-8-9-17-18(11-15)27-12-26-17/h4-9,11,13H,10,12H2,1-3H3,(H,22,24). The fourth-order valence-electron chi connectivity index (χ4n) is 3.53. The molecule has 6 heteroatoms. The lowest BCUT2D eigenvalue weighted by Crippen LogP contribution is -2.49. The van der Waals surface area contributed by atoms with Crippen molar-refractivity contribution in [2.45, 2.75) is 33.2 Å². The molecule has 1 atom stereocenters. The highest BCUT2D eigenvalue weighted by Gasteiger charge is 2.43. The van der Waals surface area contributed by atoms with Gasteiger partial charge in [-0.25, -0.2) is 0 Å². The van der Waals surface area contributed by atoms with Gasteiger partial charge in [-0.1, -0.05) is 18.2 Å². The summed E-state index contributed by atoms with van der Waals surface area (Å²) < 4.78 is 10.6. The van der Waals surface area contributed by atoms with E-state index in [9.17, 15) is 9.59 Å². The van der Waals surface area contributed by atoms with Gasteiger partial charge in [0.25, 0.3) is 0 Å². The van der Waals surface area contributed by atoms with Gasteiger partial charge >= 0.3 is 0 Å². The quantitative estimate of drug-likeness (QED) is 0.846. The number of carbonyl (C=O) groups excluding carboxylic acids is 2. The molecule has 0 spiro atoms. The van der Waals surface area contributed by atoms with Crippen molar-refractivity contribution >= 4 is 23.2 Å². The number of nitrogens with one attached hydrogen (secondary N) is 1. The molecule has 4 rings (SSSR count). The first kappa shape index (κ1) is 17.4. The zero-order chi connectivity index (χ0) is 19.2. The summed E-state index contributed by atoms with van der Waals surface area (Å²) >= 11 is 0. The third kappa shape index (κ3) is 2.91. The Morgan fingerprint density at radius 3 is 2.67 bits per heavy atom. The van der Waals surface area contributed by atoms with Gasteiger partial charge in [0.05, 0.1) is 0 Å². The number of para-hydroxylation sites is 1. The SMILES string of the molecule is CC1Cc2ccccc2N1C(=O)C(C)(C)C(=O)Nc1ccc2c(c1)OCO2. The summed E-state index contributed by atoms with van der Waals surface area (Å²) in [5.74, 6) is 0.658. The highest BCUT2D eigenvalue weighted by Crippen LogP contribution is 2.37. The molecule has 1 N–H and O–H groups in total. The molecule has 1 unspecified atom stereocenters. The van der Waals surface area contributed by atoms with Crippen LogP contribution in [0.2, 0.25) is 0 Å². The van der Waals surface area contributed by atoms with Crippen LogP contribution in [0.5, 0.6) is 11.5 Å². The van der Waals surface area contributed by atoms with E-state index >= 15 is 0 Å². The number of rotatable bonds is 3. The minimum atomic E-state index is -1.22. The van der Waals surface area contributed by atoms with Gasteiger partial charge in [0.2, 0.25) is 18.6 Å². The minimum Gasteiger partial charge on any atom is -0.454 e. The van der Waals surface area contributed by atoms with Crippen LogP contribution >= 0.6 is 0 Å². The highest BCUT2D eigenvalue weighted by molar-refractivity contribution is 6.15. The van der Waals surface area contributed by atoms with Crippen molar-refractivity contribution in [2.24, 2.45) is 5.41 Å². The van der Waals surface area contributed by atoms with Crippen molar-refractivity contribution in [1.82, 2.24) is 0 Å². The molecule has 2 aliphatic heterocycles. The Morgan fingerprint density at radius 2 is 1.85 bits per heavy atom. The molecule has 2 aliphatic rings. The fraction of sp³-hybridized carbons (Fsp3) is 0.333. The lowest BCUT2D eigenvalue weighted by molar-refractivity contribution is -0.136. The molecule has 2 heterocycles. The lowest BCUT2D eigenvalue weighted by atomic mass is 9.89. The molecular formula is C21H22N2O4. The Balaban J connectivity index is 1.55. The molecule has 2 aromatic rings. The Kier molecular flexibility index (Phi) is 4.06. The van der Waals surface area contributed by atoms with Crippen molar-refractivity contribution in [3.05, 3.63) is 48.0 Å². The topological polar surface area (TPSA) is 67.9 Å². The van der Waals surface area contributed by atoms with Gasteiger partial charge in [-0.15, -0.1) is 0 Å². The zero-order valence-corrected chi connectivity index (χ0v) is 15.6. The average molecular weight is 366 g/mol. The van der Waals surface area contributed by atoms with E-state index in [1.165, 1.54) is 0 Å². The first-order valence-corrected chi connectivity index (χ1v) is 9.00. The third-order valence-corrected chi connectivity index (χ3v) is 5.16. The maximum Gasteiger partial charge on any atom is 0.242 e. The largest absolute Gasteiger partial charge is 0.454 e. The van der Waals surface area contributed by atoms with Crippen molar-refractivity contribution in [2.75, 3.05) is 17.0 Å². The van der Waals surface area contributed by atoms with Crippen molar-refractivity contribution in [1.29, 1.82) is 0 Å². The van der Waals surface area contributed by atoms with Crippen molar-refractivity contribution in [3.8, 4) is 11.5 Å². The Bertz CT molecular complexity index is 922. The maximum atomic E-state index is 13.3. The van der Waals surface area contributed by atoms with E-state index in [4.69, 9.17) is 9.47 Å². The number of nitrogens with zero attached hydrogens (tertiary/aromatic N) is 1. The smallest absolute Gasteiger partial charge is 0.242 e. The molecule has 0 saturated heterocycles. The molecule has 0 aliphatic carbocycles. The van der Waals surface area contributed by atoms with E-state index < -0.39 is 5.41 Å². The number of hydrogen-bond donors (Lipinski definition) is 1. The van der Waals surface area contributed by atoms with Crippen LogP contribution in [0, 0.1) is 5.41 Å². The second-order valence-corrected chi connectivity index (χ2v) is 7.50. The van der Waals surface area contributed by atoms with E-state index in [0.717, 1.165) is 17.7 Å². The van der Waals surface area contributed by atoms with Gasteiger partial charge in [-0.05, 0) is 51.0 Å². The summed E-state index contributed by atoms with van der Waals surface area (Å²) in [5, 5.41) is 2.83. The first-order chi connectivity index (χ1) is 12.9. The van der Waals surface area contributed by atoms with Crippen molar-refractivity contribution < 1.29 is 19.1 Å². The predicted molar refractivity (Wildman–Crippen MR) is 102 cm³/mol. The van der Waals surface area contributed by atoms with Gasteiger partial charge < -0.3 is 19.7 Å². The molecule has 27 heavy (non-hydrogen) atoms. The third-order valence-electron chi connectivity index (χ3n) is 5.16. The number of hydrogen-bond acceptors (Lipinski definition) is 4. The molecular weight excluding hydrogens is 344 g/mol. The number of ether oxygens (including phenoxy) is 2. The van der Waals surface area contributed by atoms with E-state index in [0.29, 0.717) is 17.2 Å². The molecule has 140 valence electrons. The first-order valence-electron chi connectivity index (χ1n) is 9.00. The summed E-state index contributed by atoms with van der Waals surface area (Å²) in [4.78, 5) is 27.9. The Labute approximate surface area is 158 Å². The summed E-state index contributed by atoms with van der Waals surface area (Å²) in [6.07, 6.45) is 0.793. The van der Waals surface area contributed by atoms with E-state index in [1.54, 1.807) is 36.9 Å². The zero-order valence-electron chi connectivity index (χ0n) is 15.6. The summed E-state index contributed by atoms with van der Waals surface area (Å²) in [6.45, 7) is 5.49. The molecule has 0 aromatic heterocycles. The fourth-order valence-corrected chi connectivity index (χ4v) is 3.53. The van der Waals surface area contributed by atoms with E-state index in [-0.39, 0.29) is 24.6 Å². The van der Waals surface area contributed by atoms with Crippen LogP contribution in [-0.4, -0.2) is 24.6 Å². The average Bonchev–Trinajstić information content (AvgIpc) is 3.23. The number of fused-ring (bicyclic) bond motifs is 2. The normalized spacial score (nSPS) is 17.6. The van der Waals surface area contributed by atoms with Gasteiger partial charge in [-0.3, -0.25) is 9.59 Å². The van der Waals surface area contributed by atoms with Crippen LogP contribution < -0.4 is 19.7 Å². The highest BCUT2D eigenvalue weighted by atomic mass is 16.7. The Morgan fingerprint density at radius 1 is 1.11 bits per heavy atom. The van der Waals surface area contributed by atoms with Crippen molar-refractivity contribution in [3.63, 3.8) is 0 Å². The molecule has 2 amide bonds. The van der Waals surface area contributed by atoms with Crippen LogP contribution in [0.3, 0.4) is 0 Å². The molecule has 0 bridgehead atoms. The van der Waals surface area contributed by atoms with Crippen LogP contribution in [0.25, 0.3) is 0 Å². The van der Waals surface area contributed by atoms with Crippen LogP contribution in [0.1, 0.15) is 26.3 Å². The Hall–Kier alpha value is -3.02. The van der Waals surface area contributed by atoms with Gasteiger partial charge in [-0.2, -0.15) is 0 Å². The number of benzene rings is 2. The lowest BCUT2D eigenvalue weighted by Gasteiger charge is -2.31. The van der Waals surface area contributed by atoms with E-state index in [1.807, 2.05) is 31.2 Å². The number of carbonyl (C=O) groups is 2. The number of anilines is 2. The maximum absolute atomic E-state index is 13.3. The van der Waals surface area contributed by atoms with Gasteiger partial charge in [0.1, 0.15) is 5.41 Å². The molecule has 6 nitrogen and oxygen atoms in total. The van der Waals surface area contributed by atoms with Gasteiger partial charge in [0.15, 0.2) is 11.5 Å². The predicted octanol–water partition coefficient (Wildman–Crippen LogP) is 3.36. The summed E-state index contributed by atoms with van der Waals surface area (Å²) in [5.41, 5.74) is 1.37. The van der Waals surface area contributed by atoms with Crippen LogP contribution in [0.15, 0.2) is 42.5 Å². The van der Waals surface area contributed by atoms with Crippen LogP contribution in [-0.2, 0) is 16.0 Å².